The first kappa shape index (κ1) is 14.9. The summed E-state index contributed by atoms with van der Waals surface area (Å²) >= 11 is 0. The Morgan fingerprint density at radius 1 is 1.45 bits per heavy atom. The Balaban J connectivity index is 1.67. The van der Waals surface area contributed by atoms with E-state index in [4.69, 9.17) is 22.8 Å². The quantitative estimate of drug-likeness (QED) is 0.802. The highest BCUT2D eigenvalue weighted by molar-refractivity contribution is 5.96. The van der Waals surface area contributed by atoms with Crippen LogP contribution in [-0.2, 0) is 4.74 Å². The van der Waals surface area contributed by atoms with E-state index in [0.29, 0.717) is 6.42 Å². The lowest BCUT2D eigenvalue weighted by molar-refractivity contribution is 0.0105. The molecule has 0 spiro atoms. The zero-order chi connectivity index (χ0) is 15.7. The van der Waals surface area contributed by atoms with Crippen molar-refractivity contribution in [1.29, 1.82) is 0 Å². The van der Waals surface area contributed by atoms with Crippen LogP contribution in [-0.4, -0.2) is 34.4 Å². The number of hydrogen-bond donors (Lipinski definition) is 2. The van der Waals surface area contributed by atoms with Crippen LogP contribution < -0.4 is 11.5 Å². The Labute approximate surface area is 129 Å². The van der Waals surface area contributed by atoms with E-state index in [1.807, 2.05) is 0 Å². The second kappa shape index (κ2) is 5.97. The molecule has 118 valence electrons. The second-order valence-corrected chi connectivity index (χ2v) is 6.25. The summed E-state index contributed by atoms with van der Waals surface area (Å²) < 4.78 is 7.55. The first-order valence-electron chi connectivity index (χ1n) is 7.71. The van der Waals surface area contributed by atoms with Gasteiger partial charge in [-0.25, -0.2) is 6.57 Å². The third kappa shape index (κ3) is 3.07. The number of aromatic nitrogens is 2. The minimum absolute atomic E-state index is 0.0753. The zero-order valence-corrected chi connectivity index (χ0v) is 12.4. The van der Waals surface area contributed by atoms with Gasteiger partial charge in [-0.05, 0) is 31.6 Å². The van der Waals surface area contributed by atoms with Gasteiger partial charge in [0.25, 0.3) is 5.91 Å². The van der Waals surface area contributed by atoms with Gasteiger partial charge in [0.2, 0.25) is 6.04 Å². The maximum atomic E-state index is 11.3. The molecule has 2 fully saturated rings. The molecule has 0 bridgehead atoms. The predicted molar refractivity (Wildman–Crippen MR) is 80.9 cm³/mol. The summed E-state index contributed by atoms with van der Waals surface area (Å²) in [5.41, 5.74) is 11.2. The molecule has 4 N–H and O–H groups in total. The van der Waals surface area contributed by atoms with Gasteiger partial charge in [0, 0.05) is 12.8 Å². The Kier molecular flexibility index (Phi) is 4.03. The van der Waals surface area contributed by atoms with E-state index in [1.165, 1.54) is 12.8 Å². The van der Waals surface area contributed by atoms with E-state index in [9.17, 15) is 4.79 Å². The molecule has 0 saturated heterocycles. The largest absolute Gasteiger partial charge is 0.382 e. The van der Waals surface area contributed by atoms with Crippen LogP contribution in [0.25, 0.3) is 4.85 Å². The summed E-state index contributed by atoms with van der Waals surface area (Å²) in [6.07, 6.45) is 6.64. The molecule has 2 aliphatic carbocycles. The Morgan fingerprint density at radius 3 is 2.82 bits per heavy atom. The van der Waals surface area contributed by atoms with Gasteiger partial charge >= 0.3 is 0 Å². The number of carbonyl (C=O) groups is 1. The summed E-state index contributed by atoms with van der Waals surface area (Å²) in [5.74, 6) is 0.265. The van der Waals surface area contributed by atoms with Gasteiger partial charge in [-0.15, -0.1) is 0 Å². The van der Waals surface area contributed by atoms with E-state index in [-0.39, 0.29) is 29.6 Å². The summed E-state index contributed by atoms with van der Waals surface area (Å²) in [7, 11) is 0. The number of ether oxygens (including phenoxy) is 1. The fraction of sp³-hybridized carbons (Fsp3) is 0.667. The van der Waals surface area contributed by atoms with Gasteiger partial charge in [-0.1, -0.05) is 0 Å². The van der Waals surface area contributed by atoms with Crippen molar-refractivity contribution in [3.05, 3.63) is 23.2 Å². The van der Waals surface area contributed by atoms with E-state index in [2.05, 4.69) is 9.94 Å². The maximum Gasteiger partial charge on any atom is 0.254 e. The molecule has 1 heterocycles. The van der Waals surface area contributed by atoms with Crippen LogP contribution in [0.3, 0.4) is 0 Å². The molecule has 0 aromatic carbocycles. The van der Waals surface area contributed by atoms with E-state index in [1.54, 1.807) is 10.9 Å². The number of rotatable bonds is 5. The number of primary amides is 1. The lowest BCUT2D eigenvalue weighted by atomic mass is 9.88. The highest BCUT2D eigenvalue weighted by Gasteiger charge is 2.38. The fourth-order valence-corrected chi connectivity index (χ4v) is 3.01. The summed E-state index contributed by atoms with van der Waals surface area (Å²) in [6, 6.07) is -0.286. The molecule has 7 nitrogen and oxygen atoms in total. The third-order valence-electron chi connectivity index (χ3n) is 4.53. The lowest BCUT2D eigenvalue weighted by Crippen LogP contribution is -2.34. The number of nitrogens with two attached hydrogens (primary N) is 2. The van der Waals surface area contributed by atoms with Crippen LogP contribution in [0.2, 0.25) is 0 Å². The third-order valence-corrected chi connectivity index (χ3v) is 4.53. The van der Waals surface area contributed by atoms with E-state index in [0.717, 1.165) is 25.4 Å². The van der Waals surface area contributed by atoms with Crippen molar-refractivity contribution in [3.63, 3.8) is 0 Å². The predicted octanol–water partition coefficient (Wildman–Crippen LogP) is 1.37. The molecule has 0 radical (unpaired) electrons. The SMILES string of the molecule is [C-]#[N+]C1C[C@H](OCC2CC2)CCC1n1cc(C(N)=O)c(N)n1. The van der Waals surface area contributed by atoms with Crippen molar-refractivity contribution >= 4 is 11.7 Å². The minimum Gasteiger partial charge on any atom is -0.382 e. The smallest absolute Gasteiger partial charge is 0.254 e. The molecular weight excluding hydrogens is 282 g/mol. The highest BCUT2D eigenvalue weighted by Crippen LogP contribution is 2.35. The Bertz CT molecular complexity index is 602. The molecular formula is C15H21N5O2. The van der Waals surface area contributed by atoms with Crippen molar-refractivity contribution in [2.75, 3.05) is 12.3 Å². The first-order chi connectivity index (χ1) is 10.6. The minimum atomic E-state index is -0.593. The molecule has 0 aliphatic heterocycles. The van der Waals surface area contributed by atoms with E-state index >= 15 is 0 Å². The van der Waals surface area contributed by atoms with Crippen molar-refractivity contribution < 1.29 is 9.53 Å². The van der Waals surface area contributed by atoms with Crippen molar-refractivity contribution in [2.45, 2.75) is 50.3 Å². The van der Waals surface area contributed by atoms with Gasteiger partial charge in [0.05, 0.1) is 12.5 Å². The van der Waals surface area contributed by atoms with Crippen LogP contribution in [0.15, 0.2) is 6.20 Å². The zero-order valence-electron chi connectivity index (χ0n) is 12.4. The van der Waals surface area contributed by atoms with Crippen LogP contribution >= 0.6 is 0 Å². The fourth-order valence-electron chi connectivity index (χ4n) is 3.01. The van der Waals surface area contributed by atoms with Crippen LogP contribution in [0.4, 0.5) is 5.82 Å². The first-order valence-corrected chi connectivity index (χ1v) is 7.71. The Morgan fingerprint density at radius 2 is 2.23 bits per heavy atom. The number of nitrogen functional groups attached to an aromatic ring is 1. The van der Waals surface area contributed by atoms with Gasteiger partial charge in [-0.3, -0.25) is 9.48 Å². The normalized spacial score (nSPS) is 28.2. The summed E-state index contributed by atoms with van der Waals surface area (Å²) in [4.78, 5) is 15.0. The Hall–Kier alpha value is -2.07. The summed E-state index contributed by atoms with van der Waals surface area (Å²) in [5, 5.41) is 4.17. The van der Waals surface area contributed by atoms with Gasteiger partial charge in [0.15, 0.2) is 5.82 Å². The monoisotopic (exact) mass is 303 g/mol. The molecule has 2 saturated carbocycles. The van der Waals surface area contributed by atoms with E-state index < -0.39 is 5.91 Å². The average molecular weight is 303 g/mol. The van der Waals surface area contributed by atoms with Crippen LogP contribution in [0, 0.1) is 12.5 Å². The molecule has 7 heteroatoms. The maximum absolute atomic E-state index is 11.3. The topological polar surface area (TPSA) is 101 Å². The van der Waals surface area contributed by atoms with Crippen molar-refractivity contribution in [2.24, 2.45) is 11.7 Å². The van der Waals surface area contributed by atoms with Gasteiger partial charge in [-0.2, -0.15) is 5.10 Å². The standard InChI is InChI=1S/C15H21N5O2/c1-18-12-6-10(22-8-9-2-3-9)4-5-13(12)20-7-11(15(17)21)14(16)19-20/h7,9-10,12-13H,2-6,8H2,(H2,16,19)(H2,17,21)/t10-,12?,13?/m1/s1. The highest BCUT2D eigenvalue weighted by atomic mass is 16.5. The van der Waals surface area contributed by atoms with Crippen molar-refractivity contribution in [1.82, 2.24) is 9.78 Å². The molecule has 2 unspecified atom stereocenters. The molecule has 2 aliphatic rings. The number of nitrogens with zero attached hydrogens (tertiary/aromatic N) is 3. The van der Waals surface area contributed by atoms with Gasteiger partial charge < -0.3 is 21.0 Å². The van der Waals surface area contributed by atoms with Crippen LogP contribution in [0.5, 0.6) is 0 Å². The number of hydrogen-bond acceptors (Lipinski definition) is 4. The molecule has 1 amide bonds. The van der Waals surface area contributed by atoms with Crippen molar-refractivity contribution in [3.8, 4) is 0 Å². The number of amides is 1. The summed E-state index contributed by atoms with van der Waals surface area (Å²) in [6.45, 7) is 8.27. The number of anilines is 1. The molecule has 3 atom stereocenters. The second-order valence-electron chi connectivity index (χ2n) is 6.25. The van der Waals surface area contributed by atoms with Crippen LogP contribution in [0.1, 0.15) is 48.5 Å². The molecule has 22 heavy (non-hydrogen) atoms. The number of carbonyl (C=O) groups excluding carboxylic acids is 1. The van der Waals surface area contributed by atoms with Gasteiger partial charge in [0.1, 0.15) is 11.6 Å². The average Bonchev–Trinajstić information content (AvgIpc) is 3.25. The molecule has 1 aromatic heterocycles. The lowest BCUT2D eigenvalue weighted by Gasteiger charge is -2.29. The molecule has 3 rings (SSSR count). The molecule has 1 aromatic rings.